The molecule has 2 N–H and O–H groups in total. The van der Waals surface area contributed by atoms with Gasteiger partial charge in [-0.2, -0.15) is 0 Å². The van der Waals surface area contributed by atoms with Crippen molar-refractivity contribution in [2.45, 2.75) is 44.4 Å². The first kappa shape index (κ1) is 25.3. The first-order chi connectivity index (χ1) is 16.4. The van der Waals surface area contributed by atoms with Crippen molar-refractivity contribution in [1.82, 2.24) is 0 Å². The quantitative estimate of drug-likeness (QED) is 0.327. The molecule has 0 aliphatic heterocycles. The molecule has 3 atom stereocenters. The maximum Gasteiger partial charge on any atom is 0.311 e. The Hall–Kier alpha value is -3.28. The highest BCUT2D eigenvalue weighted by atomic mass is 16.5. The molecule has 0 bridgehead atoms. The molecule has 3 aromatic rings. The summed E-state index contributed by atoms with van der Waals surface area (Å²) < 4.78 is 12.0. The first-order valence-electron chi connectivity index (χ1n) is 11.6. The van der Waals surface area contributed by atoms with E-state index in [9.17, 15) is 9.59 Å². The third kappa shape index (κ3) is 5.44. The molecule has 0 spiro atoms. The Kier molecular flexibility index (Phi) is 8.74. The lowest BCUT2D eigenvalue weighted by molar-refractivity contribution is -0.157. The molecule has 0 heterocycles. The molecule has 5 nitrogen and oxygen atoms in total. The zero-order valence-corrected chi connectivity index (χ0v) is 20.0. The average molecular weight is 460 g/mol. The highest BCUT2D eigenvalue weighted by Crippen LogP contribution is 2.42. The van der Waals surface area contributed by atoms with E-state index in [1.165, 1.54) is 7.11 Å². The van der Waals surface area contributed by atoms with Crippen molar-refractivity contribution in [3.63, 3.8) is 0 Å². The maximum absolute atomic E-state index is 12.8. The van der Waals surface area contributed by atoms with Crippen LogP contribution in [0.15, 0.2) is 91.0 Å². The van der Waals surface area contributed by atoms with Crippen LogP contribution < -0.4 is 5.73 Å². The molecule has 0 saturated heterocycles. The van der Waals surface area contributed by atoms with Gasteiger partial charge in [0, 0.05) is 6.42 Å². The van der Waals surface area contributed by atoms with Crippen molar-refractivity contribution in [2.75, 3.05) is 7.11 Å². The van der Waals surface area contributed by atoms with E-state index < -0.39 is 29.6 Å². The molecule has 178 valence electrons. The van der Waals surface area contributed by atoms with Crippen LogP contribution >= 0.6 is 0 Å². The molecule has 0 aromatic heterocycles. The molecule has 0 aliphatic carbocycles. The predicted molar refractivity (Wildman–Crippen MR) is 133 cm³/mol. The summed E-state index contributed by atoms with van der Waals surface area (Å²) in [6, 6.07) is 29.1. The van der Waals surface area contributed by atoms with Gasteiger partial charge < -0.3 is 15.2 Å². The minimum Gasteiger partial charge on any atom is -0.469 e. The van der Waals surface area contributed by atoms with Gasteiger partial charge in [0.05, 0.1) is 25.2 Å². The summed E-state index contributed by atoms with van der Waals surface area (Å²) >= 11 is 0. The van der Waals surface area contributed by atoms with Crippen LogP contribution in [-0.2, 0) is 24.7 Å². The molecule has 5 heteroatoms. The Morgan fingerprint density at radius 3 is 1.59 bits per heavy atom. The Balaban J connectivity index is 2.14. The number of hydrogen-bond acceptors (Lipinski definition) is 5. The van der Waals surface area contributed by atoms with E-state index in [4.69, 9.17) is 15.2 Å². The highest BCUT2D eigenvalue weighted by Gasteiger charge is 2.42. The molecule has 34 heavy (non-hydrogen) atoms. The fourth-order valence-corrected chi connectivity index (χ4v) is 4.27. The maximum atomic E-state index is 12.8. The van der Waals surface area contributed by atoms with Crippen molar-refractivity contribution >= 4 is 11.8 Å². The molecular formula is C29H33NO4. The zero-order chi connectivity index (χ0) is 24.6. The zero-order valence-electron chi connectivity index (χ0n) is 20.0. The minimum absolute atomic E-state index is 0.0443. The monoisotopic (exact) mass is 459 g/mol. The van der Waals surface area contributed by atoms with Crippen LogP contribution in [0.2, 0.25) is 0 Å². The van der Waals surface area contributed by atoms with Crippen LogP contribution in [0.25, 0.3) is 0 Å². The van der Waals surface area contributed by atoms with Crippen molar-refractivity contribution in [2.24, 2.45) is 11.7 Å². The van der Waals surface area contributed by atoms with Gasteiger partial charge in [0.25, 0.3) is 0 Å². The number of ether oxygens (including phenoxy) is 2. The smallest absolute Gasteiger partial charge is 0.311 e. The van der Waals surface area contributed by atoms with Crippen molar-refractivity contribution < 1.29 is 19.1 Å². The molecule has 0 amide bonds. The lowest BCUT2D eigenvalue weighted by Crippen LogP contribution is -2.42. The summed E-state index contributed by atoms with van der Waals surface area (Å²) in [5, 5.41) is 0. The summed E-state index contributed by atoms with van der Waals surface area (Å²) in [4.78, 5) is 25.5. The number of methoxy groups -OCH3 is 1. The van der Waals surface area contributed by atoms with Crippen LogP contribution in [0.4, 0.5) is 0 Å². The highest BCUT2D eigenvalue weighted by molar-refractivity contribution is 5.88. The molecule has 3 rings (SSSR count). The van der Waals surface area contributed by atoms with E-state index in [-0.39, 0.29) is 12.2 Å². The van der Waals surface area contributed by atoms with E-state index in [0.717, 1.165) is 16.7 Å². The minimum atomic E-state index is -1.01. The Labute approximate surface area is 201 Å². The Bertz CT molecular complexity index is 957. The Morgan fingerprint density at radius 2 is 1.24 bits per heavy atom. The van der Waals surface area contributed by atoms with E-state index in [2.05, 4.69) is 0 Å². The lowest BCUT2D eigenvalue weighted by Gasteiger charge is -2.39. The van der Waals surface area contributed by atoms with Crippen LogP contribution in [0, 0.1) is 5.92 Å². The van der Waals surface area contributed by atoms with Gasteiger partial charge in [0.15, 0.2) is 0 Å². The Morgan fingerprint density at radius 1 is 0.824 bits per heavy atom. The average Bonchev–Trinajstić information content (AvgIpc) is 2.90. The fourth-order valence-electron chi connectivity index (χ4n) is 4.27. The second kappa shape index (κ2) is 11.7. The molecule has 0 fully saturated rings. The van der Waals surface area contributed by atoms with Gasteiger partial charge in [-0.25, -0.2) is 0 Å². The molecular weight excluding hydrogens is 426 g/mol. The van der Waals surface area contributed by atoms with E-state index >= 15 is 0 Å². The largest absolute Gasteiger partial charge is 0.469 e. The number of nitrogens with two attached hydrogens (primary N) is 1. The van der Waals surface area contributed by atoms with Gasteiger partial charge in [-0.3, -0.25) is 9.59 Å². The van der Waals surface area contributed by atoms with Crippen LogP contribution in [0.5, 0.6) is 0 Å². The summed E-state index contributed by atoms with van der Waals surface area (Å²) in [5.41, 5.74) is 7.70. The van der Waals surface area contributed by atoms with Crippen LogP contribution in [0.3, 0.4) is 0 Å². The summed E-state index contributed by atoms with van der Waals surface area (Å²) in [6.45, 7) is 3.66. The third-order valence-electron chi connectivity index (χ3n) is 6.25. The van der Waals surface area contributed by atoms with Gasteiger partial charge >= 0.3 is 5.97 Å². The molecule has 3 aromatic carbocycles. The van der Waals surface area contributed by atoms with Crippen LogP contribution in [-0.4, -0.2) is 31.0 Å². The second-order valence-electron chi connectivity index (χ2n) is 8.42. The van der Waals surface area contributed by atoms with Gasteiger partial charge in [-0.1, -0.05) is 97.9 Å². The number of ketones is 1. The number of Topliss-reactive ketones (excluding diaryl/α,β-unsaturated/α-hetero) is 1. The number of carbonyl (C=O) groups excluding carboxylic acids is 2. The first-order valence-corrected chi connectivity index (χ1v) is 11.6. The van der Waals surface area contributed by atoms with Crippen molar-refractivity contribution in [3.8, 4) is 0 Å². The standard InChI is InChI=1S/C29H33NO4/c1-4-26(30)27(31)20-25(28(32)33-3)21(2)34-29(22-14-8-5-9-15-22,23-16-10-6-11-17-23)24-18-12-7-13-19-24/h5-19,21,25-26H,4,20,30H2,1-3H3/t21-,25+,26?/m1/s1. The fraction of sp³-hybridized carbons (Fsp3) is 0.310. The predicted octanol–water partition coefficient (Wildman–Crippen LogP) is 4.87. The second-order valence-corrected chi connectivity index (χ2v) is 8.42. The normalized spacial score (nSPS) is 14.1. The van der Waals surface area contributed by atoms with E-state index in [1.54, 1.807) is 0 Å². The van der Waals surface area contributed by atoms with Crippen molar-refractivity contribution in [3.05, 3.63) is 108 Å². The van der Waals surface area contributed by atoms with Gasteiger partial charge in [-0.05, 0) is 30.0 Å². The van der Waals surface area contributed by atoms with Gasteiger partial charge in [-0.15, -0.1) is 0 Å². The van der Waals surface area contributed by atoms with E-state index in [1.807, 2.05) is 105 Å². The van der Waals surface area contributed by atoms with Gasteiger partial charge in [0.2, 0.25) is 0 Å². The summed E-state index contributed by atoms with van der Waals surface area (Å²) in [7, 11) is 1.32. The number of esters is 1. The summed E-state index contributed by atoms with van der Waals surface area (Å²) in [6.07, 6.45) is -0.192. The molecule has 0 saturated carbocycles. The van der Waals surface area contributed by atoms with Gasteiger partial charge in [0.1, 0.15) is 11.4 Å². The molecule has 0 radical (unpaired) electrons. The van der Waals surface area contributed by atoms with E-state index in [0.29, 0.717) is 6.42 Å². The molecule has 1 unspecified atom stereocenters. The van der Waals surface area contributed by atoms with Crippen LogP contribution in [0.1, 0.15) is 43.4 Å². The number of rotatable bonds is 11. The third-order valence-corrected chi connectivity index (χ3v) is 6.25. The van der Waals surface area contributed by atoms with Crippen molar-refractivity contribution in [1.29, 1.82) is 0 Å². The lowest BCUT2D eigenvalue weighted by atomic mass is 9.79. The summed E-state index contributed by atoms with van der Waals surface area (Å²) in [5.74, 6) is -1.48. The number of carbonyl (C=O) groups is 2. The number of benzene rings is 3. The number of hydrogen-bond donors (Lipinski definition) is 1. The topological polar surface area (TPSA) is 78.6 Å². The SMILES string of the molecule is CCC(N)C(=O)C[C@H](C(=O)OC)[C@@H](C)OC(c1ccccc1)(c1ccccc1)c1ccccc1. The molecule has 0 aliphatic rings.